The van der Waals surface area contributed by atoms with Gasteiger partial charge in [-0.2, -0.15) is 11.8 Å². The van der Waals surface area contributed by atoms with Crippen molar-refractivity contribution in [1.29, 1.82) is 0 Å². The van der Waals surface area contributed by atoms with Crippen molar-refractivity contribution in [2.24, 2.45) is 5.73 Å². The quantitative estimate of drug-likeness (QED) is 0.762. The first-order valence-electron chi connectivity index (χ1n) is 7.36. The maximum absolute atomic E-state index is 13.2. The van der Waals surface area contributed by atoms with Gasteiger partial charge in [-0.1, -0.05) is 19.1 Å². The molecule has 1 aromatic rings. The third-order valence-corrected chi connectivity index (χ3v) is 3.96. The molecule has 0 heterocycles. The van der Waals surface area contributed by atoms with Crippen LogP contribution in [0.5, 0.6) is 0 Å². The second-order valence-corrected chi connectivity index (χ2v) is 6.08. The van der Waals surface area contributed by atoms with Crippen molar-refractivity contribution in [2.75, 3.05) is 25.1 Å². The molecule has 0 aliphatic heterocycles. The van der Waals surface area contributed by atoms with E-state index in [0.717, 1.165) is 17.7 Å². The molecule has 118 valence electrons. The molecule has 0 aliphatic rings. The summed E-state index contributed by atoms with van der Waals surface area (Å²) in [4.78, 5) is 14.1. The molecule has 1 atom stereocenters. The molecular formula is C16H25FN2OS. The highest BCUT2D eigenvalue weighted by atomic mass is 32.2. The van der Waals surface area contributed by atoms with Crippen molar-refractivity contribution in [3.63, 3.8) is 0 Å². The molecule has 5 heteroatoms. The maximum atomic E-state index is 13.2. The first kappa shape index (κ1) is 18.0. The summed E-state index contributed by atoms with van der Waals surface area (Å²) < 4.78 is 13.2. The van der Waals surface area contributed by atoms with Crippen LogP contribution in [0.4, 0.5) is 4.39 Å². The minimum absolute atomic E-state index is 0.00213. The van der Waals surface area contributed by atoms with E-state index < -0.39 is 6.04 Å². The summed E-state index contributed by atoms with van der Waals surface area (Å²) in [5, 5.41) is 0. The first-order valence-corrected chi connectivity index (χ1v) is 8.75. The maximum Gasteiger partial charge on any atom is 0.239 e. The lowest BCUT2D eigenvalue weighted by Crippen LogP contribution is -2.45. The van der Waals surface area contributed by atoms with Crippen LogP contribution in [0.1, 0.15) is 25.3 Å². The van der Waals surface area contributed by atoms with Crippen LogP contribution in [0, 0.1) is 5.82 Å². The zero-order chi connectivity index (χ0) is 15.7. The fraction of sp³-hybridized carbons (Fsp3) is 0.562. The van der Waals surface area contributed by atoms with Crippen LogP contribution in [0.2, 0.25) is 0 Å². The van der Waals surface area contributed by atoms with E-state index in [1.54, 1.807) is 22.7 Å². The highest BCUT2D eigenvalue weighted by molar-refractivity contribution is 7.98. The van der Waals surface area contributed by atoms with Crippen molar-refractivity contribution < 1.29 is 9.18 Å². The molecule has 0 bridgehead atoms. The van der Waals surface area contributed by atoms with Crippen LogP contribution in [-0.2, 0) is 11.2 Å². The second-order valence-electron chi connectivity index (χ2n) is 5.09. The molecule has 0 aliphatic carbocycles. The Kier molecular flexibility index (Phi) is 8.38. The van der Waals surface area contributed by atoms with Crippen molar-refractivity contribution in [2.45, 2.75) is 32.2 Å². The van der Waals surface area contributed by atoms with Crippen LogP contribution in [0.3, 0.4) is 0 Å². The van der Waals surface area contributed by atoms with E-state index in [1.807, 2.05) is 19.2 Å². The summed E-state index contributed by atoms with van der Waals surface area (Å²) in [5.41, 5.74) is 6.87. The van der Waals surface area contributed by atoms with Gasteiger partial charge in [0.1, 0.15) is 5.82 Å². The van der Waals surface area contributed by atoms with Gasteiger partial charge in [-0.05, 0) is 49.0 Å². The fourth-order valence-corrected chi connectivity index (χ4v) is 2.65. The molecule has 1 rings (SSSR count). The van der Waals surface area contributed by atoms with Gasteiger partial charge < -0.3 is 10.6 Å². The van der Waals surface area contributed by atoms with E-state index in [9.17, 15) is 9.18 Å². The van der Waals surface area contributed by atoms with Crippen LogP contribution in [-0.4, -0.2) is 41.9 Å². The third-order valence-electron chi connectivity index (χ3n) is 3.31. The minimum Gasteiger partial charge on any atom is -0.341 e. The second kappa shape index (κ2) is 9.79. The molecule has 1 aromatic carbocycles. The number of rotatable bonds is 9. The highest BCUT2D eigenvalue weighted by Crippen LogP contribution is 2.08. The number of benzene rings is 1. The van der Waals surface area contributed by atoms with Gasteiger partial charge in [0.05, 0.1) is 6.04 Å². The largest absolute Gasteiger partial charge is 0.341 e. The van der Waals surface area contributed by atoms with Crippen molar-refractivity contribution >= 4 is 17.7 Å². The number of hydrogen-bond acceptors (Lipinski definition) is 3. The van der Waals surface area contributed by atoms with Gasteiger partial charge in [-0.25, -0.2) is 4.39 Å². The smallest absolute Gasteiger partial charge is 0.239 e. The Bertz CT molecular complexity index is 442. The molecule has 0 unspecified atom stereocenters. The SMILES string of the molecule is CCCN(CCc1cccc(F)c1)C(=O)[C@@H](N)CCSC. The molecule has 0 saturated heterocycles. The van der Waals surface area contributed by atoms with Gasteiger partial charge >= 0.3 is 0 Å². The molecule has 3 nitrogen and oxygen atoms in total. The summed E-state index contributed by atoms with van der Waals surface area (Å²) in [6, 6.07) is 6.09. The Hall–Kier alpha value is -1.07. The predicted octanol–water partition coefficient (Wildman–Crippen LogP) is 2.69. The van der Waals surface area contributed by atoms with E-state index in [0.29, 0.717) is 25.9 Å². The number of nitrogens with zero attached hydrogens (tertiary/aromatic N) is 1. The van der Waals surface area contributed by atoms with Crippen LogP contribution >= 0.6 is 11.8 Å². The lowest BCUT2D eigenvalue weighted by Gasteiger charge is -2.25. The highest BCUT2D eigenvalue weighted by Gasteiger charge is 2.19. The van der Waals surface area contributed by atoms with Gasteiger partial charge in [0, 0.05) is 13.1 Å². The molecule has 0 spiro atoms. The lowest BCUT2D eigenvalue weighted by atomic mass is 10.1. The Morgan fingerprint density at radius 2 is 2.19 bits per heavy atom. The molecule has 0 saturated carbocycles. The van der Waals surface area contributed by atoms with Crippen LogP contribution in [0.15, 0.2) is 24.3 Å². The monoisotopic (exact) mass is 312 g/mol. The summed E-state index contributed by atoms with van der Waals surface area (Å²) in [7, 11) is 0. The topological polar surface area (TPSA) is 46.3 Å². The van der Waals surface area contributed by atoms with Gasteiger partial charge in [0.15, 0.2) is 0 Å². The Labute approximate surface area is 131 Å². The number of halogens is 1. The predicted molar refractivity (Wildman–Crippen MR) is 87.9 cm³/mol. The normalized spacial score (nSPS) is 12.2. The number of amides is 1. The van der Waals surface area contributed by atoms with Crippen LogP contribution in [0.25, 0.3) is 0 Å². The lowest BCUT2D eigenvalue weighted by molar-refractivity contribution is -0.132. The summed E-state index contributed by atoms with van der Waals surface area (Å²) in [5.74, 6) is 0.649. The standard InChI is InChI=1S/C16H25FN2OS/c1-3-9-19(16(20)15(18)8-11-21-2)10-7-13-5-4-6-14(17)12-13/h4-6,12,15H,3,7-11,18H2,1-2H3/t15-/m0/s1. The van der Waals surface area contributed by atoms with E-state index in [-0.39, 0.29) is 11.7 Å². The van der Waals surface area contributed by atoms with Gasteiger partial charge in [-0.15, -0.1) is 0 Å². The van der Waals surface area contributed by atoms with Crippen LogP contribution < -0.4 is 5.73 Å². The zero-order valence-corrected chi connectivity index (χ0v) is 13.7. The molecule has 0 fully saturated rings. The number of hydrogen-bond donors (Lipinski definition) is 1. The van der Waals surface area contributed by atoms with Crippen molar-refractivity contribution in [1.82, 2.24) is 4.90 Å². The number of carbonyl (C=O) groups is 1. The average Bonchev–Trinajstić information content (AvgIpc) is 2.48. The van der Waals surface area contributed by atoms with E-state index in [4.69, 9.17) is 5.73 Å². The molecule has 2 N–H and O–H groups in total. The summed E-state index contributed by atoms with van der Waals surface area (Å²) in [6.07, 6.45) is 4.24. The Morgan fingerprint density at radius 3 is 2.81 bits per heavy atom. The third kappa shape index (κ3) is 6.48. The number of thioether (sulfide) groups is 1. The summed E-state index contributed by atoms with van der Waals surface area (Å²) in [6.45, 7) is 3.32. The van der Waals surface area contributed by atoms with Crippen molar-refractivity contribution in [3.05, 3.63) is 35.6 Å². The van der Waals surface area contributed by atoms with Crippen molar-refractivity contribution in [3.8, 4) is 0 Å². The van der Waals surface area contributed by atoms with Gasteiger partial charge in [0.25, 0.3) is 0 Å². The minimum atomic E-state index is -0.434. The number of nitrogens with two attached hydrogens (primary N) is 1. The molecule has 1 amide bonds. The Balaban J connectivity index is 2.58. The zero-order valence-electron chi connectivity index (χ0n) is 12.8. The average molecular weight is 312 g/mol. The van der Waals surface area contributed by atoms with E-state index in [1.165, 1.54) is 12.1 Å². The van der Waals surface area contributed by atoms with Gasteiger partial charge in [0.2, 0.25) is 5.91 Å². The molecule has 0 aromatic heterocycles. The summed E-state index contributed by atoms with van der Waals surface area (Å²) >= 11 is 1.69. The van der Waals surface area contributed by atoms with E-state index >= 15 is 0 Å². The molecular weight excluding hydrogens is 287 g/mol. The molecule has 21 heavy (non-hydrogen) atoms. The first-order chi connectivity index (χ1) is 10.1. The fourth-order valence-electron chi connectivity index (χ4n) is 2.16. The van der Waals surface area contributed by atoms with E-state index in [2.05, 4.69) is 0 Å². The van der Waals surface area contributed by atoms with Gasteiger partial charge in [-0.3, -0.25) is 4.79 Å². The molecule has 0 radical (unpaired) electrons. The Morgan fingerprint density at radius 1 is 1.43 bits per heavy atom. The number of carbonyl (C=O) groups excluding carboxylic acids is 1.